The third-order valence-corrected chi connectivity index (χ3v) is 2.29. The van der Waals surface area contributed by atoms with Crippen LogP contribution in [0.4, 0.5) is 0 Å². The third kappa shape index (κ3) is 2.35. The number of hydrogen-bond acceptors (Lipinski definition) is 0. The first kappa shape index (κ1) is 9.28. The zero-order chi connectivity index (χ0) is 8.97. The van der Waals surface area contributed by atoms with E-state index in [1.54, 1.807) is 0 Å². The summed E-state index contributed by atoms with van der Waals surface area (Å²) in [5.41, 5.74) is 2.53. The molecule has 1 nitrogen and oxygen atoms in total. The van der Waals surface area contributed by atoms with Crippen LogP contribution in [0, 0.1) is 13.5 Å². The fraction of sp³-hybridized carbons (Fsp3) is 0.300. The molecule has 0 heterocycles. The standard InChI is InChI=1S/C10H10BrN/c1-8-7-10(11)4-3-9(8)5-6-12-2/h3-4,7H,5-6H2,1H3. The molecule has 0 aliphatic rings. The van der Waals surface area contributed by atoms with Crippen LogP contribution in [0.3, 0.4) is 0 Å². The zero-order valence-electron chi connectivity index (χ0n) is 6.97. The molecule has 2 heteroatoms. The van der Waals surface area contributed by atoms with Crippen molar-refractivity contribution in [3.05, 3.63) is 45.2 Å². The van der Waals surface area contributed by atoms with Gasteiger partial charge in [-0.15, -0.1) is 0 Å². The van der Waals surface area contributed by atoms with Gasteiger partial charge < -0.3 is 4.85 Å². The minimum atomic E-state index is 0.586. The monoisotopic (exact) mass is 223 g/mol. The largest absolute Gasteiger partial charge is 0.317 e. The lowest BCUT2D eigenvalue weighted by molar-refractivity contribution is 1.06. The van der Waals surface area contributed by atoms with E-state index >= 15 is 0 Å². The molecular weight excluding hydrogens is 214 g/mol. The molecule has 0 unspecified atom stereocenters. The van der Waals surface area contributed by atoms with Crippen molar-refractivity contribution in [2.75, 3.05) is 6.54 Å². The highest BCUT2D eigenvalue weighted by molar-refractivity contribution is 9.10. The zero-order valence-corrected chi connectivity index (χ0v) is 8.56. The Morgan fingerprint density at radius 1 is 1.50 bits per heavy atom. The Balaban J connectivity index is 2.81. The van der Waals surface area contributed by atoms with E-state index in [2.05, 4.69) is 39.8 Å². The maximum Gasteiger partial charge on any atom is 0.218 e. The molecule has 0 bridgehead atoms. The van der Waals surface area contributed by atoms with Crippen molar-refractivity contribution in [3.63, 3.8) is 0 Å². The number of halogens is 1. The van der Waals surface area contributed by atoms with Gasteiger partial charge in [-0.3, -0.25) is 0 Å². The van der Waals surface area contributed by atoms with E-state index in [1.165, 1.54) is 11.1 Å². The van der Waals surface area contributed by atoms with E-state index < -0.39 is 0 Å². The molecule has 0 aliphatic carbocycles. The maximum atomic E-state index is 6.68. The lowest BCUT2D eigenvalue weighted by Gasteiger charge is -2.01. The summed E-state index contributed by atoms with van der Waals surface area (Å²) in [6.45, 7) is 9.34. The summed E-state index contributed by atoms with van der Waals surface area (Å²) in [5, 5.41) is 0. The molecule has 1 rings (SSSR count). The Morgan fingerprint density at radius 3 is 2.83 bits per heavy atom. The first-order chi connectivity index (χ1) is 5.74. The molecule has 0 aromatic heterocycles. The van der Waals surface area contributed by atoms with E-state index in [1.807, 2.05) is 6.07 Å². The van der Waals surface area contributed by atoms with Crippen LogP contribution in [0.5, 0.6) is 0 Å². The maximum absolute atomic E-state index is 6.68. The molecule has 1 aromatic carbocycles. The third-order valence-electron chi connectivity index (χ3n) is 1.80. The minimum absolute atomic E-state index is 0.586. The van der Waals surface area contributed by atoms with Gasteiger partial charge in [0.25, 0.3) is 0 Å². The van der Waals surface area contributed by atoms with Crippen molar-refractivity contribution in [1.82, 2.24) is 0 Å². The highest BCUT2D eigenvalue weighted by atomic mass is 79.9. The van der Waals surface area contributed by atoms with Crippen LogP contribution in [0.15, 0.2) is 22.7 Å². The van der Waals surface area contributed by atoms with Gasteiger partial charge in [0, 0.05) is 10.9 Å². The van der Waals surface area contributed by atoms with Crippen LogP contribution >= 0.6 is 15.9 Å². The SMILES string of the molecule is [C-]#[N+]CCc1ccc(Br)cc1C. The van der Waals surface area contributed by atoms with Crippen LogP contribution < -0.4 is 0 Å². The van der Waals surface area contributed by atoms with Gasteiger partial charge in [0.2, 0.25) is 6.54 Å². The summed E-state index contributed by atoms with van der Waals surface area (Å²) in [5.74, 6) is 0. The number of benzene rings is 1. The molecule has 12 heavy (non-hydrogen) atoms. The topological polar surface area (TPSA) is 4.36 Å². The van der Waals surface area contributed by atoms with Gasteiger partial charge in [0.05, 0.1) is 0 Å². The van der Waals surface area contributed by atoms with E-state index in [0.717, 1.165) is 10.9 Å². The van der Waals surface area contributed by atoms with Crippen molar-refractivity contribution in [2.24, 2.45) is 0 Å². The number of nitrogens with zero attached hydrogens (tertiary/aromatic N) is 1. The molecule has 0 fully saturated rings. The molecule has 0 spiro atoms. The van der Waals surface area contributed by atoms with Gasteiger partial charge in [-0.1, -0.05) is 22.0 Å². The van der Waals surface area contributed by atoms with Crippen molar-refractivity contribution in [2.45, 2.75) is 13.3 Å². The van der Waals surface area contributed by atoms with Gasteiger partial charge in [0.1, 0.15) is 0 Å². The van der Waals surface area contributed by atoms with Crippen LogP contribution in [-0.4, -0.2) is 6.54 Å². The molecule has 0 saturated carbocycles. The molecule has 0 aliphatic heterocycles. The van der Waals surface area contributed by atoms with Gasteiger partial charge in [-0.25, -0.2) is 6.57 Å². The Morgan fingerprint density at radius 2 is 2.25 bits per heavy atom. The first-order valence-corrected chi connectivity index (χ1v) is 4.61. The normalized spacial score (nSPS) is 9.42. The van der Waals surface area contributed by atoms with E-state index in [-0.39, 0.29) is 0 Å². The second-order valence-corrected chi connectivity index (χ2v) is 3.62. The average Bonchev–Trinajstić information content (AvgIpc) is 2.03. The quantitative estimate of drug-likeness (QED) is 0.679. The predicted molar refractivity (Wildman–Crippen MR) is 54.1 cm³/mol. The Hall–Kier alpha value is -0.810. The summed E-state index contributed by atoms with van der Waals surface area (Å²) < 4.78 is 1.10. The molecule has 0 atom stereocenters. The lowest BCUT2D eigenvalue weighted by Crippen LogP contribution is -1.91. The summed E-state index contributed by atoms with van der Waals surface area (Å²) in [7, 11) is 0. The highest BCUT2D eigenvalue weighted by Gasteiger charge is 1.99. The van der Waals surface area contributed by atoms with Crippen LogP contribution in [-0.2, 0) is 6.42 Å². The van der Waals surface area contributed by atoms with Gasteiger partial charge in [-0.2, -0.15) is 0 Å². The summed E-state index contributed by atoms with van der Waals surface area (Å²) in [6.07, 6.45) is 0.864. The average molecular weight is 224 g/mol. The van der Waals surface area contributed by atoms with Gasteiger partial charge in [-0.05, 0) is 30.2 Å². The van der Waals surface area contributed by atoms with Crippen LogP contribution in [0.25, 0.3) is 4.85 Å². The Labute approximate surface area is 81.4 Å². The summed E-state index contributed by atoms with van der Waals surface area (Å²) in [6, 6.07) is 6.18. The second kappa shape index (κ2) is 4.27. The van der Waals surface area contributed by atoms with E-state index in [9.17, 15) is 0 Å². The molecule has 0 radical (unpaired) electrons. The highest BCUT2D eigenvalue weighted by Crippen LogP contribution is 2.16. The molecule has 62 valence electrons. The number of rotatable bonds is 2. The second-order valence-electron chi connectivity index (χ2n) is 2.70. The number of aryl methyl sites for hydroxylation is 1. The summed E-state index contributed by atoms with van der Waals surface area (Å²) >= 11 is 3.40. The molecule has 0 amide bonds. The van der Waals surface area contributed by atoms with Crippen LogP contribution in [0.2, 0.25) is 0 Å². The van der Waals surface area contributed by atoms with Gasteiger partial charge >= 0.3 is 0 Å². The molecule has 1 aromatic rings. The Kier molecular flexibility index (Phi) is 3.31. The lowest BCUT2D eigenvalue weighted by atomic mass is 10.1. The fourth-order valence-corrected chi connectivity index (χ4v) is 1.59. The predicted octanol–water partition coefficient (Wildman–Crippen LogP) is 3.22. The van der Waals surface area contributed by atoms with Gasteiger partial charge in [0.15, 0.2) is 0 Å². The van der Waals surface area contributed by atoms with E-state index in [0.29, 0.717) is 6.54 Å². The minimum Gasteiger partial charge on any atom is -0.317 e. The molecular formula is C10H10BrN. The molecule has 0 saturated heterocycles. The molecule has 0 N–H and O–H groups in total. The smallest absolute Gasteiger partial charge is 0.218 e. The van der Waals surface area contributed by atoms with Crippen molar-refractivity contribution in [1.29, 1.82) is 0 Å². The van der Waals surface area contributed by atoms with Crippen LogP contribution in [0.1, 0.15) is 11.1 Å². The first-order valence-electron chi connectivity index (χ1n) is 3.82. The number of hydrogen-bond donors (Lipinski definition) is 0. The summed E-state index contributed by atoms with van der Waals surface area (Å²) in [4.78, 5) is 3.33. The Bertz CT molecular complexity index is 312. The van der Waals surface area contributed by atoms with E-state index in [4.69, 9.17) is 6.57 Å². The fourth-order valence-electron chi connectivity index (χ4n) is 1.12. The van der Waals surface area contributed by atoms with Crippen molar-refractivity contribution < 1.29 is 0 Å². The van der Waals surface area contributed by atoms with Crippen molar-refractivity contribution >= 4 is 15.9 Å². The van der Waals surface area contributed by atoms with Crippen molar-refractivity contribution in [3.8, 4) is 0 Å².